The smallest absolute Gasteiger partial charge is 0.226 e. The number of ether oxygens (including phenoxy) is 1. The first kappa shape index (κ1) is 18.3. The molecule has 0 fully saturated rings. The molecule has 138 valence electrons. The lowest BCUT2D eigenvalue weighted by atomic mass is 10.1. The van der Waals surface area contributed by atoms with Gasteiger partial charge in [0.25, 0.3) is 0 Å². The van der Waals surface area contributed by atoms with E-state index in [0.717, 1.165) is 44.0 Å². The van der Waals surface area contributed by atoms with E-state index < -0.39 is 0 Å². The molecule has 0 saturated carbocycles. The maximum absolute atomic E-state index is 12.2. The van der Waals surface area contributed by atoms with Crippen molar-refractivity contribution < 1.29 is 9.53 Å². The maximum atomic E-state index is 12.2. The summed E-state index contributed by atoms with van der Waals surface area (Å²) in [6, 6.07) is 15.6. The fourth-order valence-corrected chi connectivity index (χ4v) is 4.66. The zero-order valence-electron chi connectivity index (χ0n) is 14.4. The van der Waals surface area contributed by atoms with Gasteiger partial charge in [-0.05, 0) is 48.6 Å². The second kappa shape index (κ2) is 8.33. The molecule has 0 atom stereocenters. The molecule has 2 heterocycles. The van der Waals surface area contributed by atoms with Crippen molar-refractivity contribution in [3.05, 3.63) is 58.4 Å². The molecule has 7 heteroatoms. The van der Waals surface area contributed by atoms with Gasteiger partial charge >= 0.3 is 0 Å². The van der Waals surface area contributed by atoms with Gasteiger partial charge in [0.2, 0.25) is 5.91 Å². The molecule has 1 N–H and O–H groups in total. The van der Waals surface area contributed by atoms with Gasteiger partial charge in [0.15, 0.2) is 5.13 Å². The van der Waals surface area contributed by atoms with Crippen molar-refractivity contribution in [3.8, 4) is 17.0 Å². The van der Waals surface area contributed by atoms with E-state index in [1.165, 1.54) is 11.3 Å². The third-order valence-electron chi connectivity index (χ3n) is 4.08. The first-order chi connectivity index (χ1) is 13.2. The molecule has 0 spiro atoms. The minimum atomic E-state index is -0.00740. The number of amides is 1. The van der Waals surface area contributed by atoms with Gasteiger partial charge in [-0.25, -0.2) is 4.98 Å². The lowest BCUT2D eigenvalue weighted by Crippen LogP contribution is -2.11. The molecule has 0 unspecified atom stereocenters. The molecule has 0 aliphatic carbocycles. The van der Waals surface area contributed by atoms with Gasteiger partial charge < -0.3 is 10.1 Å². The van der Waals surface area contributed by atoms with Crippen LogP contribution in [0.1, 0.15) is 17.7 Å². The zero-order valence-corrected chi connectivity index (χ0v) is 16.8. The summed E-state index contributed by atoms with van der Waals surface area (Å²) in [6.07, 6.45) is 1.27. The number of hydrogen-bond acceptors (Lipinski definition) is 5. The minimum Gasteiger partial charge on any atom is -0.487 e. The van der Waals surface area contributed by atoms with Crippen LogP contribution in [0.3, 0.4) is 0 Å². The number of nitrogens with zero attached hydrogens (tertiary/aromatic N) is 1. The number of rotatable bonds is 6. The van der Waals surface area contributed by atoms with Crippen molar-refractivity contribution >= 4 is 45.7 Å². The van der Waals surface area contributed by atoms with E-state index in [0.29, 0.717) is 18.2 Å². The summed E-state index contributed by atoms with van der Waals surface area (Å²) in [7, 11) is 0. The molecule has 0 saturated heterocycles. The van der Waals surface area contributed by atoms with Crippen LogP contribution in [0.2, 0.25) is 5.02 Å². The number of fused-ring (bicyclic) bond motifs is 3. The highest BCUT2D eigenvalue weighted by Crippen LogP contribution is 2.40. The number of para-hydroxylation sites is 1. The molecule has 27 heavy (non-hydrogen) atoms. The first-order valence-electron chi connectivity index (χ1n) is 8.59. The van der Waals surface area contributed by atoms with Crippen LogP contribution in [-0.4, -0.2) is 16.6 Å². The quantitative estimate of drug-likeness (QED) is 0.403. The fourth-order valence-electron chi connectivity index (χ4n) is 2.78. The van der Waals surface area contributed by atoms with Gasteiger partial charge in [0.05, 0.1) is 10.6 Å². The van der Waals surface area contributed by atoms with E-state index in [-0.39, 0.29) is 5.91 Å². The van der Waals surface area contributed by atoms with E-state index in [1.807, 2.05) is 48.5 Å². The number of benzene rings is 2. The Morgan fingerprint density at radius 2 is 2.04 bits per heavy atom. The van der Waals surface area contributed by atoms with Gasteiger partial charge in [-0.3, -0.25) is 4.79 Å². The number of aromatic nitrogens is 1. The molecule has 0 radical (unpaired) electrons. The largest absolute Gasteiger partial charge is 0.487 e. The Morgan fingerprint density at radius 3 is 2.89 bits per heavy atom. The van der Waals surface area contributed by atoms with Crippen LogP contribution in [0.15, 0.2) is 53.4 Å². The fraction of sp³-hybridized carbons (Fsp3) is 0.200. The summed E-state index contributed by atoms with van der Waals surface area (Å²) in [6.45, 7) is 0.498. The normalized spacial score (nSPS) is 12.0. The second-order valence-corrected chi connectivity index (χ2v) is 8.72. The molecular formula is C20H17ClN2O2S2. The molecular weight excluding hydrogens is 400 g/mol. The van der Waals surface area contributed by atoms with E-state index in [2.05, 4.69) is 10.3 Å². The third kappa shape index (κ3) is 4.46. The van der Waals surface area contributed by atoms with Crippen molar-refractivity contribution in [1.82, 2.24) is 4.98 Å². The number of nitrogens with one attached hydrogen (secondary N) is 1. The zero-order chi connectivity index (χ0) is 18.6. The Balaban J connectivity index is 1.29. The second-order valence-electron chi connectivity index (χ2n) is 6.03. The number of hydrogen-bond donors (Lipinski definition) is 1. The molecule has 2 aromatic carbocycles. The maximum Gasteiger partial charge on any atom is 0.226 e. The Labute approximate surface area is 170 Å². The average Bonchev–Trinajstić information content (AvgIpc) is 3.09. The van der Waals surface area contributed by atoms with Gasteiger partial charge in [-0.2, -0.15) is 0 Å². The molecule has 1 aliphatic rings. The van der Waals surface area contributed by atoms with Crippen LogP contribution in [0.4, 0.5) is 5.13 Å². The van der Waals surface area contributed by atoms with Crippen molar-refractivity contribution in [3.63, 3.8) is 0 Å². The highest BCUT2D eigenvalue weighted by molar-refractivity contribution is 7.99. The SMILES string of the molecule is O=C(CCCSc1ccc(Cl)cc1)Nc1nc2c(s1)COc1ccccc1-2. The van der Waals surface area contributed by atoms with E-state index >= 15 is 0 Å². The highest BCUT2D eigenvalue weighted by Gasteiger charge is 2.22. The minimum absolute atomic E-state index is 0.00740. The summed E-state index contributed by atoms with van der Waals surface area (Å²) in [5.41, 5.74) is 1.89. The molecule has 1 aliphatic heterocycles. The Bertz CT molecular complexity index is 957. The summed E-state index contributed by atoms with van der Waals surface area (Å²) < 4.78 is 5.74. The van der Waals surface area contributed by atoms with Crippen molar-refractivity contribution in [2.75, 3.05) is 11.1 Å². The van der Waals surface area contributed by atoms with Crippen LogP contribution in [0.25, 0.3) is 11.3 Å². The molecule has 4 nitrogen and oxygen atoms in total. The average molecular weight is 417 g/mol. The predicted octanol–water partition coefficient (Wildman–Crippen LogP) is 5.87. The number of thiazole rings is 1. The predicted molar refractivity (Wildman–Crippen MR) is 112 cm³/mol. The van der Waals surface area contributed by atoms with Crippen LogP contribution < -0.4 is 10.1 Å². The monoisotopic (exact) mass is 416 g/mol. The molecule has 3 aromatic rings. The summed E-state index contributed by atoms with van der Waals surface area (Å²) >= 11 is 9.08. The van der Waals surface area contributed by atoms with Gasteiger partial charge in [-0.15, -0.1) is 11.8 Å². The summed E-state index contributed by atoms with van der Waals surface area (Å²) in [5.74, 6) is 1.71. The number of halogens is 1. The summed E-state index contributed by atoms with van der Waals surface area (Å²) in [5, 5.41) is 4.29. The third-order valence-corrected chi connectivity index (χ3v) is 6.37. The van der Waals surface area contributed by atoms with Crippen molar-refractivity contribution in [2.45, 2.75) is 24.3 Å². The Kier molecular flexibility index (Phi) is 5.66. The van der Waals surface area contributed by atoms with Crippen LogP contribution >= 0.6 is 34.7 Å². The lowest BCUT2D eigenvalue weighted by molar-refractivity contribution is -0.116. The van der Waals surface area contributed by atoms with E-state index in [9.17, 15) is 4.79 Å². The number of thioether (sulfide) groups is 1. The first-order valence-corrected chi connectivity index (χ1v) is 10.8. The molecule has 4 rings (SSSR count). The molecule has 1 amide bonds. The van der Waals surface area contributed by atoms with E-state index in [4.69, 9.17) is 16.3 Å². The molecule has 1 aromatic heterocycles. The Morgan fingerprint density at radius 1 is 1.22 bits per heavy atom. The van der Waals surface area contributed by atoms with Crippen molar-refractivity contribution in [2.24, 2.45) is 0 Å². The topological polar surface area (TPSA) is 51.2 Å². The highest BCUT2D eigenvalue weighted by atomic mass is 35.5. The number of anilines is 1. The van der Waals surface area contributed by atoms with Crippen LogP contribution in [0, 0.1) is 0 Å². The number of carbonyl (C=O) groups is 1. The van der Waals surface area contributed by atoms with Crippen molar-refractivity contribution in [1.29, 1.82) is 0 Å². The van der Waals surface area contributed by atoms with Gasteiger partial charge in [0, 0.05) is 21.9 Å². The number of carbonyl (C=O) groups excluding carboxylic acids is 1. The standard InChI is InChI=1S/C20H17ClN2O2S2/c21-13-7-9-14(10-8-13)26-11-3-6-18(24)22-20-23-19-15-4-1-2-5-16(15)25-12-17(19)27-20/h1-2,4-5,7-10H,3,6,11-12H2,(H,22,23,24). The van der Waals surface area contributed by atoms with Crippen LogP contribution in [-0.2, 0) is 11.4 Å². The van der Waals surface area contributed by atoms with Crippen LogP contribution in [0.5, 0.6) is 5.75 Å². The summed E-state index contributed by atoms with van der Waals surface area (Å²) in [4.78, 5) is 19.0. The van der Waals surface area contributed by atoms with Gasteiger partial charge in [0.1, 0.15) is 12.4 Å². The van der Waals surface area contributed by atoms with E-state index in [1.54, 1.807) is 11.8 Å². The van der Waals surface area contributed by atoms with Gasteiger partial charge in [-0.1, -0.05) is 35.1 Å². The lowest BCUT2D eigenvalue weighted by Gasteiger charge is -2.15. The molecule has 0 bridgehead atoms. The Hall–Kier alpha value is -2.02.